The first-order valence-corrected chi connectivity index (χ1v) is 10.4. The summed E-state index contributed by atoms with van der Waals surface area (Å²) in [6, 6.07) is 14.2. The third-order valence-electron chi connectivity index (χ3n) is 3.76. The van der Waals surface area contributed by atoms with Gasteiger partial charge in [0, 0.05) is 23.8 Å². The first kappa shape index (κ1) is 21.1. The number of rotatable bonds is 6. The molecule has 0 radical (unpaired) electrons. The monoisotopic (exact) mass is 443 g/mol. The van der Waals surface area contributed by atoms with Crippen molar-refractivity contribution in [3.63, 3.8) is 0 Å². The summed E-state index contributed by atoms with van der Waals surface area (Å²) in [5.41, 5.74) is 1.56. The minimum Gasteiger partial charge on any atom is -0.465 e. The molecular formula is C19H17N5O4S2. The number of hydrogen-bond acceptors (Lipinski definition) is 7. The third kappa shape index (κ3) is 5.49. The molecule has 0 amide bonds. The average molecular weight is 444 g/mol. The Balaban J connectivity index is 1.64. The maximum absolute atomic E-state index is 12.4. The molecule has 3 N–H and O–H groups in total. The van der Waals surface area contributed by atoms with Crippen molar-refractivity contribution in [3.8, 4) is 0 Å². The van der Waals surface area contributed by atoms with Gasteiger partial charge in [0.1, 0.15) is 0 Å². The van der Waals surface area contributed by atoms with Crippen molar-refractivity contribution in [2.45, 2.75) is 4.90 Å². The highest BCUT2D eigenvalue weighted by Gasteiger charge is 2.15. The Bertz CT molecular complexity index is 1150. The fourth-order valence-corrected chi connectivity index (χ4v) is 3.58. The summed E-state index contributed by atoms with van der Waals surface area (Å²) in [7, 11) is -2.51. The molecule has 0 saturated heterocycles. The number of thiocarbonyl (C=S) groups is 1. The fourth-order valence-electron chi connectivity index (χ4n) is 2.38. The van der Waals surface area contributed by atoms with E-state index >= 15 is 0 Å². The topological polar surface area (TPSA) is 122 Å². The van der Waals surface area contributed by atoms with Crippen LogP contribution in [0.1, 0.15) is 10.4 Å². The van der Waals surface area contributed by atoms with Crippen molar-refractivity contribution in [1.29, 1.82) is 0 Å². The lowest BCUT2D eigenvalue weighted by Gasteiger charge is -2.12. The second-order valence-electron chi connectivity index (χ2n) is 5.85. The first-order valence-electron chi connectivity index (χ1n) is 8.54. The smallest absolute Gasteiger partial charge is 0.337 e. The Hall–Kier alpha value is -3.57. The van der Waals surface area contributed by atoms with Gasteiger partial charge in [-0.05, 0) is 60.7 Å². The van der Waals surface area contributed by atoms with Crippen LogP contribution in [0.2, 0.25) is 0 Å². The number of hydrogen-bond donors (Lipinski definition) is 3. The minimum absolute atomic E-state index is 0.0146. The molecule has 0 fully saturated rings. The van der Waals surface area contributed by atoms with Crippen LogP contribution in [0.5, 0.6) is 0 Å². The van der Waals surface area contributed by atoms with Crippen LogP contribution in [0.3, 0.4) is 0 Å². The van der Waals surface area contributed by atoms with E-state index in [4.69, 9.17) is 17.0 Å². The van der Waals surface area contributed by atoms with E-state index in [1.807, 2.05) is 0 Å². The number of carbonyl (C=O) groups excluding carboxylic acids is 1. The van der Waals surface area contributed by atoms with Gasteiger partial charge in [-0.25, -0.2) is 27.9 Å². The predicted molar refractivity (Wildman–Crippen MR) is 117 cm³/mol. The highest BCUT2D eigenvalue weighted by molar-refractivity contribution is 7.92. The number of benzene rings is 2. The lowest BCUT2D eigenvalue weighted by atomic mass is 10.2. The van der Waals surface area contributed by atoms with Crippen molar-refractivity contribution in [2.75, 3.05) is 22.5 Å². The van der Waals surface area contributed by atoms with Crippen LogP contribution in [0.15, 0.2) is 71.9 Å². The van der Waals surface area contributed by atoms with Crippen LogP contribution < -0.4 is 15.4 Å². The molecule has 0 atom stereocenters. The molecule has 1 heterocycles. The quantitative estimate of drug-likeness (QED) is 0.390. The second kappa shape index (κ2) is 9.29. The van der Waals surface area contributed by atoms with Crippen molar-refractivity contribution in [1.82, 2.24) is 9.97 Å². The molecule has 0 aliphatic heterocycles. The van der Waals surface area contributed by atoms with Crippen LogP contribution in [0.4, 0.5) is 17.3 Å². The van der Waals surface area contributed by atoms with Crippen LogP contribution in [-0.2, 0) is 14.8 Å². The molecule has 2 aromatic carbocycles. The standard InChI is InChI=1S/C19H17N5O4S2/c1-28-17(25)13-4-2-5-15(12-13)23-19(29)22-14-6-8-16(9-7-14)30(26,27)24-18-20-10-3-11-21-18/h2-12H,1H3,(H,20,21,24)(H2,22,23,29). The first-order chi connectivity index (χ1) is 14.4. The van der Waals surface area contributed by atoms with E-state index in [2.05, 4.69) is 25.3 Å². The average Bonchev–Trinajstić information content (AvgIpc) is 2.74. The van der Waals surface area contributed by atoms with Gasteiger partial charge in [-0.2, -0.15) is 0 Å². The molecule has 0 spiro atoms. The second-order valence-corrected chi connectivity index (χ2v) is 7.94. The van der Waals surface area contributed by atoms with Crippen molar-refractivity contribution < 1.29 is 17.9 Å². The van der Waals surface area contributed by atoms with Crippen molar-refractivity contribution in [3.05, 3.63) is 72.6 Å². The number of ether oxygens (including phenoxy) is 1. The number of anilines is 3. The Morgan fingerprint density at radius 3 is 2.30 bits per heavy atom. The summed E-state index contributed by atoms with van der Waals surface area (Å²) in [6.45, 7) is 0. The number of methoxy groups -OCH3 is 1. The lowest BCUT2D eigenvalue weighted by molar-refractivity contribution is 0.0601. The largest absolute Gasteiger partial charge is 0.465 e. The highest BCUT2D eigenvalue weighted by atomic mass is 32.2. The Morgan fingerprint density at radius 2 is 1.63 bits per heavy atom. The lowest BCUT2D eigenvalue weighted by Crippen LogP contribution is -2.19. The Morgan fingerprint density at radius 1 is 0.967 bits per heavy atom. The highest BCUT2D eigenvalue weighted by Crippen LogP contribution is 2.17. The molecule has 1 aromatic heterocycles. The number of carbonyl (C=O) groups is 1. The van der Waals surface area contributed by atoms with Crippen LogP contribution in [-0.4, -0.2) is 36.6 Å². The molecular weight excluding hydrogens is 426 g/mol. The SMILES string of the molecule is COC(=O)c1cccc(NC(=S)Nc2ccc(S(=O)(=O)Nc3ncccn3)cc2)c1. The van der Waals surface area contributed by atoms with Gasteiger partial charge in [0.05, 0.1) is 17.6 Å². The summed E-state index contributed by atoms with van der Waals surface area (Å²) < 4.78 is 31.8. The number of esters is 1. The molecule has 30 heavy (non-hydrogen) atoms. The van der Waals surface area contributed by atoms with Gasteiger partial charge in [-0.3, -0.25) is 0 Å². The van der Waals surface area contributed by atoms with E-state index in [9.17, 15) is 13.2 Å². The molecule has 0 unspecified atom stereocenters. The normalized spacial score (nSPS) is 10.7. The van der Waals surface area contributed by atoms with E-state index in [1.54, 1.807) is 42.5 Å². The number of nitrogens with one attached hydrogen (secondary N) is 3. The van der Waals surface area contributed by atoms with Crippen molar-refractivity contribution >= 4 is 50.6 Å². The van der Waals surface area contributed by atoms with Gasteiger partial charge in [-0.15, -0.1) is 0 Å². The van der Waals surface area contributed by atoms with E-state index in [0.717, 1.165) is 0 Å². The molecule has 0 aliphatic carbocycles. The summed E-state index contributed by atoms with van der Waals surface area (Å²) in [5.74, 6) is -0.469. The summed E-state index contributed by atoms with van der Waals surface area (Å²) >= 11 is 5.26. The molecule has 0 aliphatic rings. The Labute approximate surface area is 178 Å². The van der Waals surface area contributed by atoms with Crippen LogP contribution in [0, 0.1) is 0 Å². The van der Waals surface area contributed by atoms with Gasteiger partial charge in [0.2, 0.25) is 5.95 Å². The zero-order chi connectivity index (χ0) is 21.6. The van der Waals surface area contributed by atoms with Gasteiger partial charge >= 0.3 is 5.97 Å². The zero-order valence-electron chi connectivity index (χ0n) is 15.7. The summed E-state index contributed by atoms with van der Waals surface area (Å²) in [5, 5.41) is 6.17. The number of aromatic nitrogens is 2. The molecule has 0 bridgehead atoms. The maximum Gasteiger partial charge on any atom is 0.337 e. The van der Waals surface area contributed by atoms with Crippen molar-refractivity contribution in [2.24, 2.45) is 0 Å². The van der Waals surface area contributed by atoms with Gasteiger partial charge in [0.15, 0.2) is 5.11 Å². The van der Waals surface area contributed by atoms with Gasteiger partial charge in [-0.1, -0.05) is 6.07 Å². The van der Waals surface area contributed by atoms with Gasteiger partial charge < -0.3 is 15.4 Å². The fraction of sp³-hybridized carbons (Fsp3) is 0.0526. The number of nitrogens with zero attached hydrogens (tertiary/aromatic N) is 2. The summed E-state index contributed by atoms with van der Waals surface area (Å²) in [6.07, 6.45) is 2.87. The van der Waals surface area contributed by atoms with E-state index in [1.165, 1.54) is 31.6 Å². The molecule has 154 valence electrons. The van der Waals surface area contributed by atoms with E-state index in [-0.39, 0.29) is 16.0 Å². The Kier molecular flexibility index (Phi) is 6.54. The van der Waals surface area contributed by atoms with E-state index < -0.39 is 16.0 Å². The minimum atomic E-state index is -3.82. The third-order valence-corrected chi connectivity index (χ3v) is 5.30. The maximum atomic E-state index is 12.4. The summed E-state index contributed by atoms with van der Waals surface area (Å²) in [4.78, 5) is 19.3. The van der Waals surface area contributed by atoms with Crippen LogP contribution >= 0.6 is 12.2 Å². The molecule has 0 saturated carbocycles. The molecule has 9 nitrogen and oxygen atoms in total. The predicted octanol–water partition coefficient (Wildman–Crippen LogP) is 2.87. The zero-order valence-corrected chi connectivity index (χ0v) is 17.3. The van der Waals surface area contributed by atoms with Crippen LogP contribution in [0.25, 0.3) is 0 Å². The molecule has 3 aromatic rings. The molecule has 11 heteroatoms. The van der Waals surface area contributed by atoms with Gasteiger partial charge in [0.25, 0.3) is 10.0 Å². The molecule has 3 rings (SSSR count). The number of sulfonamides is 1. The van der Waals surface area contributed by atoms with E-state index in [0.29, 0.717) is 16.9 Å².